The molecule has 0 aromatic heterocycles. The monoisotopic (exact) mass is 411 g/mol. The summed E-state index contributed by atoms with van der Waals surface area (Å²) in [6.07, 6.45) is 2.57. The van der Waals surface area contributed by atoms with Crippen LogP contribution in [0.3, 0.4) is 0 Å². The summed E-state index contributed by atoms with van der Waals surface area (Å²) in [6.45, 7) is 15.0. The van der Waals surface area contributed by atoms with Gasteiger partial charge in [-0.1, -0.05) is 20.8 Å². The predicted molar refractivity (Wildman–Crippen MR) is 103 cm³/mol. The number of nitrogens with one attached hydrogen (secondary N) is 1. The lowest BCUT2D eigenvalue weighted by atomic mass is 10.2. The molecule has 0 spiro atoms. The molecule has 1 fully saturated rings. The molecule has 21 heavy (non-hydrogen) atoms. The standard InChI is InChI=1S/C15H33N5.HI/c1-5-19(6-2)13(4)11-17-15(16)18-12-14-9-8-10-20(14)7-3;/h13-14H,5-12H2,1-4H3,(H3,16,17,18);1H. The van der Waals surface area contributed by atoms with Crippen LogP contribution in [0.1, 0.15) is 40.5 Å². The van der Waals surface area contributed by atoms with E-state index in [2.05, 4.69) is 47.8 Å². The molecule has 0 aromatic rings. The van der Waals surface area contributed by atoms with Gasteiger partial charge in [0.1, 0.15) is 0 Å². The third kappa shape index (κ3) is 7.15. The van der Waals surface area contributed by atoms with Crippen molar-refractivity contribution in [1.82, 2.24) is 15.1 Å². The van der Waals surface area contributed by atoms with Crippen molar-refractivity contribution in [3.05, 3.63) is 0 Å². The molecule has 1 rings (SSSR count). The molecular formula is C15H34IN5. The van der Waals surface area contributed by atoms with E-state index in [-0.39, 0.29) is 24.0 Å². The number of likely N-dealkylation sites (N-methyl/N-ethyl adjacent to an activating group) is 2. The van der Waals surface area contributed by atoms with Gasteiger partial charge in [-0.15, -0.1) is 24.0 Å². The molecule has 0 saturated carbocycles. The first-order valence-corrected chi connectivity index (χ1v) is 8.14. The number of halogens is 1. The summed E-state index contributed by atoms with van der Waals surface area (Å²) in [4.78, 5) is 9.38. The topological polar surface area (TPSA) is 56.9 Å². The molecular weight excluding hydrogens is 377 g/mol. The lowest BCUT2D eigenvalue weighted by molar-refractivity contribution is 0.236. The minimum atomic E-state index is 0. The molecule has 6 heteroatoms. The first-order valence-electron chi connectivity index (χ1n) is 8.14. The number of likely N-dealkylation sites (tertiary alicyclic amines) is 1. The lowest BCUT2D eigenvalue weighted by Gasteiger charge is -2.25. The predicted octanol–water partition coefficient (Wildman–Crippen LogP) is 1.72. The fraction of sp³-hybridized carbons (Fsp3) is 0.933. The van der Waals surface area contributed by atoms with Crippen LogP contribution in [0.4, 0.5) is 0 Å². The molecule has 126 valence electrons. The van der Waals surface area contributed by atoms with Crippen LogP contribution < -0.4 is 11.1 Å². The third-order valence-corrected chi connectivity index (χ3v) is 4.39. The second-order valence-electron chi connectivity index (χ2n) is 5.60. The SMILES string of the molecule is CCN(CC)C(C)CN=C(N)NCC1CCCN1CC.I. The Balaban J connectivity index is 0.00000400. The Hall–Kier alpha value is -0.0800. The number of nitrogens with two attached hydrogens (primary N) is 1. The first-order chi connectivity index (χ1) is 9.62. The molecule has 0 aliphatic carbocycles. The molecule has 5 nitrogen and oxygen atoms in total. The smallest absolute Gasteiger partial charge is 0.188 e. The van der Waals surface area contributed by atoms with Crippen molar-refractivity contribution in [3.8, 4) is 0 Å². The van der Waals surface area contributed by atoms with Gasteiger partial charge in [-0.05, 0) is 45.9 Å². The van der Waals surface area contributed by atoms with Crippen molar-refractivity contribution in [2.75, 3.05) is 39.3 Å². The van der Waals surface area contributed by atoms with Crippen LogP contribution in [0.5, 0.6) is 0 Å². The summed E-state index contributed by atoms with van der Waals surface area (Å²) >= 11 is 0. The number of hydrogen-bond donors (Lipinski definition) is 2. The zero-order valence-corrected chi connectivity index (χ0v) is 16.5. The second kappa shape index (κ2) is 11.5. The van der Waals surface area contributed by atoms with Gasteiger partial charge in [-0.25, -0.2) is 0 Å². The molecule has 2 atom stereocenters. The van der Waals surface area contributed by atoms with E-state index in [1.807, 2.05) is 0 Å². The fourth-order valence-electron chi connectivity index (χ4n) is 3.01. The molecule has 1 heterocycles. The molecule has 0 bridgehead atoms. The average Bonchev–Trinajstić information content (AvgIpc) is 2.91. The van der Waals surface area contributed by atoms with Gasteiger partial charge in [0, 0.05) is 18.6 Å². The number of rotatable bonds is 8. The maximum atomic E-state index is 5.97. The minimum absolute atomic E-state index is 0. The highest BCUT2D eigenvalue weighted by Crippen LogP contribution is 2.15. The second-order valence-corrected chi connectivity index (χ2v) is 5.60. The molecule has 0 aromatic carbocycles. The molecule has 1 aliphatic heterocycles. The molecule has 2 unspecified atom stereocenters. The summed E-state index contributed by atoms with van der Waals surface area (Å²) in [7, 11) is 0. The van der Waals surface area contributed by atoms with Crippen molar-refractivity contribution < 1.29 is 0 Å². The van der Waals surface area contributed by atoms with Gasteiger partial charge < -0.3 is 11.1 Å². The fourth-order valence-corrected chi connectivity index (χ4v) is 3.01. The molecule has 1 saturated heterocycles. The van der Waals surface area contributed by atoms with Crippen LogP contribution in [-0.2, 0) is 0 Å². The van der Waals surface area contributed by atoms with Gasteiger partial charge in [0.2, 0.25) is 0 Å². The highest BCUT2D eigenvalue weighted by atomic mass is 127. The van der Waals surface area contributed by atoms with E-state index in [1.54, 1.807) is 0 Å². The number of nitrogens with zero attached hydrogens (tertiary/aromatic N) is 3. The lowest BCUT2D eigenvalue weighted by Crippen LogP contribution is -2.43. The quantitative estimate of drug-likeness (QED) is 0.363. The number of guanidine groups is 1. The van der Waals surface area contributed by atoms with Gasteiger partial charge in [0.25, 0.3) is 0 Å². The van der Waals surface area contributed by atoms with Gasteiger partial charge >= 0.3 is 0 Å². The maximum absolute atomic E-state index is 5.97. The summed E-state index contributed by atoms with van der Waals surface area (Å²) in [5.74, 6) is 0.590. The zero-order valence-electron chi connectivity index (χ0n) is 14.1. The van der Waals surface area contributed by atoms with Crippen LogP contribution in [0, 0.1) is 0 Å². The average molecular weight is 411 g/mol. The number of hydrogen-bond acceptors (Lipinski definition) is 3. The van der Waals surface area contributed by atoms with Crippen LogP contribution in [0.15, 0.2) is 4.99 Å². The summed E-state index contributed by atoms with van der Waals surface area (Å²) in [5.41, 5.74) is 5.97. The Labute approximate surface area is 147 Å². The van der Waals surface area contributed by atoms with Gasteiger partial charge in [-0.2, -0.15) is 0 Å². The van der Waals surface area contributed by atoms with Crippen molar-refractivity contribution in [2.45, 2.75) is 52.6 Å². The Kier molecular flexibility index (Phi) is 11.4. The van der Waals surface area contributed by atoms with E-state index in [4.69, 9.17) is 5.73 Å². The van der Waals surface area contributed by atoms with Gasteiger partial charge in [-0.3, -0.25) is 14.8 Å². The van der Waals surface area contributed by atoms with Crippen LogP contribution >= 0.6 is 24.0 Å². The van der Waals surface area contributed by atoms with Crippen molar-refractivity contribution in [2.24, 2.45) is 10.7 Å². The molecule has 1 aliphatic rings. The van der Waals surface area contributed by atoms with E-state index in [0.29, 0.717) is 18.0 Å². The van der Waals surface area contributed by atoms with E-state index < -0.39 is 0 Å². The van der Waals surface area contributed by atoms with E-state index in [1.165, 1.54) is 19.4 Å². The molecule has 0 amide bonds. The maximum Gasteiger partial charge on any atom is 0.188 e. The van der Waals surface area contributed by atoms with Gasteiger partial charge in [0.15, 0.2) is 5.96 Å². The molecule has 3 N–H and O–H groups in total. The third-order valence-electron chi connectivity index (χ3n) is 4.39. The minimum Gasteiger partial charge on any atom is -0.370 e. The summed E-state index contributed by atoms with van der Waals surface area (Å²) in [6, 6.07) is 1.07. The van der Waals surface area contributed by atoms with Crippen LogP contribution in [0.25, 0.3) is 0 Å². The van der Waals surface area contributed by atoms with Crippen molar-refractivity contribution in [3.63, 3.8) is 0 Å². The van der Waals surface area contributed by atoms with Crippen LogP contribution in [-0.4, -0.2) is 67.1 Å². The van der Waals surface area contributed by atoms with Crippen molar-refractivity contribution >= 4 is 29.9 Å². The van der Waals surface area contributed by atoms with E-state index >= 15 is 0 Å². The molecule has 0 radical (unpaired) electrons. The Morgan fingerprint density at radius 1 is 1.38 bits per heavy atom. The normalized spacial score (nSPS) is 21.4. The summed E-state index contributed by atoms with van der Waals surface area (Å²) < 4.78 is 0. The van der Waals surface area contributed by atoms with Gasteiger partial charge in [0.05, 0.1) is 6.54 Å². The summed E-state index contributed by atoms with van der Waals surface area (Å²) in [5, 5.41) is 3.29. The largest absolute Gasteiger partial charge is 0.370 e. The Morgan fingerprint density at radius 3 is 2.62 bits per heavy atom. The van der Waals surface area contributed by atoms with Crippen LogP contribution in [0.2, 0.25) is 0 Å². The zero-order chi connectivity index (χ0) is 15.0. The van der Waals surface area contributed by atoms with E-state index in [9.17, 15) is 0 Å². The first kappa shape index (κ1) is 20.9. The Bertz CT molecular complexity index is 294. The van der Waals surface area contributed by atoms with E-state index in [0.717, 1.165) is 32.7 Å². The Morgan fingerprint density at radius 2 is 2.05 bits per heavy atom. The highest BCUT2D eigenvalue weighted by molar-refractivity contribution is 14.0. The van der Waals surface area contributed by atoms with Crippen molar-refractivity contribution in [1.29, 1.82) is 0 Å². The highest BCUT2D eigenvalue weighted by Gasteiger charge is 2.22. The number of aliphatic imine (C=N–C) groups is 1.